The Kier molecular flexibility index (Phi) is 17.0. The molecule has 0 fully saturated rings. The van der Waals surface area contributed by atoms with Gasteiger partial charge in [0.25, 0.3) is 0 Å². The molecule has 166 valence electrons. The van der Waals surface area contributed by atoms with Crippen LogP contribution in [-0.2, 0) is 6.42 Å². The van der Waals surface area contributed by atoms with Crippen LogP contribution in [0.25, 0.3) is 23.5 Å². The number of nitrogens with two attached hydrogens (primary N) is 1. The molecule has 31 heavy (non-hydrogen) atoms. The number of anilines is 1. The molecule has 0 saturated carbocycles. The van der Waals surface area contributed by atoms with Gasteiger partial charge in [0.05, 0.1) is 5.69 Å². The number of hydrogen-bond donors (Lipinski definition) is 2. The zero-order valence-electron chi connectivity index (χ0n) is 19.7. The number of allylic oxidation sites excluding steroid dienone is 1. The zero-order valence-corrected chi connectivity index (χ0v) is 23.6. The Morgan fingerprint density at radius 1 is 1.03 bits per heavy atom. The van der Waals surface area contributed by atoms with Gasteiger partial charge in [-0.25, -0.2) is 0 Å². The van der Waals surface area contributed by atoms with Crippen molar-refractivity contribution in [1.82, 2.24) is 20.4 Å². The molecule has 0 unspecified atom stereocenters. The van der Waals surface area contributed by atoms with E-state index in [-0.39, 0.29) is 57.5 Å². The molecule has 0 amide bonds. The minimum absolute atomic E-state index is 0. The van der Waals surface area contributed by atoms with Crippen molar-refractivity contribution < 1.29 is 51.4 Å². The van der Waals surface area contributed by atoms with Gasteiger partial charge >= 0.3 is 51.4 Å². The summed E-state index contributed by atoms with van der Waals surface area (Å²) in [5.41, 5.74) is 4.46. The van der Waals surface area contributed by atoms with Gasteiger partial charge in [0.15, 0.2) is 5.82 Å². The molecule has 1 aliphatic carbocycles. The third kappa shape index (κ3) is 9.98. The Bertz CT molecular complexity index is 780. The van der Waals surface area contributed by atoms with Gasteiger partial charge in [-0.05, 0) is 51.1 Å². The van der Waals surface area contributed by atoms with Gasteiger partial charge in [-0.1, -0.05) is 49.7 Å². The minimum Gasteiger partial charge on any atom is -0.693 e. The summed E-state index contributed by atoms with van der Waals surface area (Å²) in [4.78, 5) is 2.17. The molecule has 0 saturated heterocycles. The van der Waals surface area contributed by atoms with Crippen molar-refractivity contribution in [2.75, 3.05) is 45.6 Å². The Labute approximate surface area is 235 Å². The molecule has 1 aliphatic rings. The van der Waals surface area contributed by atoms with Gasteiger partial charge in [0.2, 0.25) is 0 Å². The third-order valence-electron chi connectivity index (χ3n) is 4.65. The smallest absolute Gasteiger partial charge is 0.693 e. The fourth-order valence-corrected chi connectivity index (χ4v) is 3.31. The fraction of sp³-hybridized carbons (Fsp3) is 0.478. The van der Waals surface area contributed by atoms with Gasteiger partial charge < -0.3 is 21.7 Å². The van der Waals surface area contributed by atoms with Gasteiger partial charge in [0, 0.05) is 42.3 Å². The van der Waals surface area contributed by atoms with Crippen LogP contribution in [-0.4, -0.2) is 55.4 Å². The van der Waals surface area contributed by atoms with Crippen molar-refractivity contribution >= 4 is 23.5 Å². The molecule has 0 aliphatic heterocycles. The summed E-state index contributed by atoms with van der Waals surface area (Å²) in [6, 6.07) is 7.85. The van der Waals surface area contributed by atoms with Crippen molar-refractivity contribution in [2.45, 2.75) is 33.1 Å². The maximum absolute atomic E-state index is 6.04. The van der Waals surface area contributed by atoms with Crippen LogP contribution in [0.4, 0.5) is 5.82 Å². The summed E-state index contributed by atoms with van der Waals surface area (Å²) in [7, 11) is 4.17. The molecule has 6 nitrogen and oxygen atoms in total. The molecule has 4 N–H and O–H groups in total. The molecule has 1 heterocycles. The molecule has 0 atom stereocenters. The molecular formula is C23H36ClKN6. The Balaban J connectivity index is 0.00000219. The second-order valence-electron chi connectivity index (χ2n) is 7.07. The first-order valence-electron chi connectivity index (χ1n) is 10.6. The third-order valence-corrected chi connectivity index (χ3v) is 4.90. The maximum Gasteiger partial charge on any atom is 1.00 e. The number of hydrogen-bond acceptors (Lipinski definition) is 5. The molecule has 0 radical (unpaired) electrons. The van der Waals surface area contributed by atoms with E-state index < -0.39 is 0 Å². The predicted molar refractivity (Wildman–Crippen MR) is 131 cm³/mol. The van der Waals surface area contributed by atoms with Crippen molar-refractivity contribution in [2.24, 2.45) is 0 Å². The van der Waals surface area contributed by atoms with E-state index in [4.69, 9.17) is 11.6 Å². The summed E-state index contributed by atoms with van der Waals surface area (Å²) < 4.78 is 0. The van der Waals surface area contributed by atoms with Gasteiger partial charge in [-0.15, -0.1) is 10.2 Å². The number of nitrogens with one attached hydrogen (secondary N) is 2. The number of rotatable bonds is 8. The Morgan fingerprint density at radius 2 is 1.74 bits per heavy atom. The van der Waals surface area contributed by atoms with Crippen LogP contribution in [0.15, 0.2) is 30.3 Å². The average Bonchev–Trinajstić information content (AvgIpc) is 2.99. The van der Waals surface area contributed by atoms with E-state index in [1.165, 1.54) is 11.1 Å². The molecule has 1 aromatic heterocycles. The predicted octanol–water partition coefficient (Wildman–Crippen LogP) is 2.46. The number of fused-ring (bicyclic) bond motifs is 1. The van der Waals surface area contributed by atoms with E-state index in [9.17, 15) is 0 Å². The van der Waals surface area contributed by atoms with Crippen LogP contribution in [0.2, 0.25) is 5.02 Å². The standard InChI is InChI=1S/C21H28ClN5.C2H6.K.H2N/c1-27(2)15-14-23-12-13-24-21-19-7-5-3-4-6-18(19)20(25-26-21)16-8-10-17(22)11-9-16;1-2;;/h5,7-11,23H,3-4,6,12-15H2,1-2H3,(H,24,26);1-2H3;;1H2/q;;+1;-1. The minimum atomic E-state index is 0. The molecular weight excluding hydrogens is 435 g/mol. The SMILES string of the molecule is CC.CN(C)CCNCCNc1nnc(-c2ccc(Cl)cc2)c2c1C=CCCC2.[K+].[NH2-]. The van der Waals surface area contributed by atoms with Crippen LogP contribution in [0.1, 0.15) is 37.8 Å². The van der Waals surface area contributed by atoms with Gasteiger partial charge in [-0.2, -0.15) is 0 Å². The summed E-state index contributed by atoms with van der Waals surface area (Å²) in [5.74, 6) is 0.871. The van der Waals surface area contributed by atoms with E-state index in [0.29, 0.717) is 0 Å². The first-order chi connectivity index (χ1) is 14.1. The molecule has 8 heteroatoms. The largest absolute Gasteiger partial charge is 1.00 e. The average molecular weight is 471 g/mol. The monoisotopic (exact) mass is 470 g/mol. The first-order valence-corrected chi connectivity index (χ1v) is 10.9. The summed E-state index contributed by atoms with van der Waals surface area (Å²) >= 11 is 6.04. The fourth-order valence-electron chi connectivity index (χ4n) is 3.18. The van der Waals surface area contributed by atoms with E-state index in [2.05, 4.69) is 52.0 Å². The van der Waals surface area contributed by atoms with Crippen molar-refractivity contribution in [3.63, 3.8) is 0 Å². The Morgan fingerprint density at radius 3 is 2.42 bits per heavy atom. The molecule has 1 aromatic carbocycles. The van der Waals surface area contributed by atoms with Crippen LogP contribution in [0.5, 0.6) is 0 Å². The van der Waals surface area contributed by atoms with Gasteiger partial charge in [-0.3, -0.25) is 0 Å². The van der Waals surface area contributed by atoms with Crippen molar-refractivity contribution in [3.8, 4) is 11.3 Å². The normalized spacial score (nSPS) is 11.9. The van der Waals surface area contributed by atoms with E-state index in [0.717, 1.165) is 67.5 Å². The number of aromatic nitrogens is 2. The van der Waals surface area contributed by atoms with Crippen LogP contribution >= 0.6 is 11.6 Å². The number of likely N-dealkylation sites (N-methyl/N-ethyl adjacent to an activating group) is 1. The van der Waals surface area contributed by atoms with Crippen LogP contribution in [0, 0.1) is 0 Å². The van der Waals surface area contributed by atoms with E-state index in [1.54, 1.807) is 0 Å². The second kappa shape index (κ2) is 17.2. The molecule has 3 rings (SSSR count). The Hall–Kier alpha value is -0.354. The number of halogens is 1. The molecule has 0 spiro atoms. The van der Waals surface area contributed by atoms with Gasteiger partial charge in [0.1, 0.15) is 0 Å². The van der Waals surface area contributed by atoms with Crippen LogP contribution < -0.4 is 62.0 Å². The van der Waals surface area contributed by atoms with E-state index in [1.807, 2.05) is 38.1 Å². The van der Waals surface area contributed by atoms with Crippen molar-refractivity contribution in [3.05, 3.63) is 52.6 Å². The van der Waals surface area contributed by atoms with E-state index >= 15 is 0 Å². The first kappa shape index (κ1) is 30.6. The summed E-state index contributed by atoms with van der Waals surface area (Å²) in [6.45, 7) is 7.73. The molecule has 0 bridgehead atoms. The summed E-state index contributed by atoms with van der Waals surface area (Å²) in [6.07, 6.45) is 7.64. The number of nitrogens with zero attached hydrogens (tertiary/aromatic N) is 3. The molecule has 2 aromatic rings. The van der Waals surface area contributed by atoms with Crippen LogP contribution in [0.3, 0.4) is 0 Å². The zero-order chi connectivity index (χ0) is 21.1. The quantitative estimate of drug-likeness (QED) is 0.457. The topological polar surface area (TPSA) is 86.6 Å². The number of benzene rings is 1. The second-order valence-corrected chi connectivity index (χ2v) is 7.51. The maximum atomic E-state index is 6.04. The van der Waals surface area contributed by atoms with Crippen molar-refractivity contribution in [1.29, 1.82) is 0 Å². The summed E-state index contributed by atoms with van der Waals surface area (Å²) in [5, 5.41) is 16.7.